The van der Waals surface area contributed by atoms with E-state index in [0.717, 1.165) is 5.56 Å². The lowest BCUT2D eigenvalue weighted by Crippen LogP contribution is -2.46. The standard InChI is InChI=1S/C13H19NO4/c15-12(16)10-6-7-11(13(17)18)14(10)8-9-4-2-1-3-5-9/h1-5,10-13,15-18H,6-8H2. The molecule has 1 aromatic rings. The number of aliphatic hydroxyl groups excluding tert-OH is 2. The second-order valence-electron chi connectivity index (χ2n) is 4.70. The number of benzene rings is 1. The minimum atomic E-state index is -1.46. The van der Waals surface area contributed by atoms with E-state index >= 15 is 0 Å². The van der Waals surface area contributed by atoms with Crippen LogP contribution in [0.25, 0.3) is 0 Å². The Bertz CT molecular complexity index is 353. The molecular formula is C13H19NO4. The van der Waals surface area contributed by atoms with Gasteiger partial charge >= 0.3 is 0 Å². The van der Waals surface area contributed by atoms with Crippen molar-refractivity contribution in [2.75, 3.05) is 0 Å². The zero-order valence-corrected chi connectivity index (χ0v) is 10.1. The van der Waals surface area contributed by atoms with Crippen LogP contribution in [-0.4, -0.2) is 50.0 Å². The Kier molecular flexibility index (Phi) is 4.31. The SMILES string of the molecule is OC(O)C1CCC(C(O)O)N1Cc1ccccc1. The quantitative estimate of drug-likeness (QED) is 0.551. The summed E-state index contributed by atoms with van der Waals surface area (Å²) in [6, 6.07) is 8.68. The largest absolute Gasteiger partial charge is 0.367 e. The van der Waals surface area contributed by atoms with Crippen LogP contribution < -0.4 is 0 Å². The average Bonchev–Trinajstić information content (AvgIpc) is 2.74. The highest BCUT2D eigenvalue weighted by Crippen LogP contribution is 2.29. The van der Waals surface area contributed by atoms with Crippen LogP contribution in [0.15, 0.2) is 30.3 Å². The molecule has 0 spiro atoms. The maximum Gasteiger partial charge on any atom is 0.167 e. The molecule has 0 amide bonds. The summed E-state index contributed by atoms with van der Waals surface area (Å²) in [5.74, 6) is 0. The molecule has 2 unspecified atom stereocenters. The molecule has 5 heteroatoms. The Labute approximate surface area is 106 Å². The number of hydrogen-bond acceptors (Lipinski definition) is 5. The van der Waals surface area contributed by atoms with Gasteiger partial charge in [-0.3, -0.25) is 4.90 Å². The van der Waals surface area contributed by atoms with E-state index in [4.69, 9.17) is 0 Å². The molecule has 1 heterocycles. The van der Waals surface area contributed by atoms with Gasteiger partial charge in [-0.2, -0.15) is 0 Å². The summed E-state index contributed by atoms with van der Waals surface area (Å²) in [4.78, 5) is 1.75. The first-order valence-corrected chi connectivity index (χ1v) is 6.11. The van der Waals surface area contributed by atoms with Crippen molar-refractivity contribution in [3.8, 4) is 0 Å². The van der Waals surface area contributed by atoms with Crippen molar-refractivity contribution in [2.45, 2.75) is 44.1 Å². The van der Waals surface area contributed by atoms with Gasteiger partial charge in [0.15, 0.2) is 12.6 Å². The molecule has 1 aliphatic rings. The Morgan fingerprint density at radius 2 is 1.44 bits per heavy atom. The maximum atomic E-state index is 9.35. The summed E-state index contributed by atoms with van der Waals surface area (Å²) in [5.41, 5.74) is 1.01. The number of hydrogen-bond donors (Lipinski definition) is 4. The minimum Gasteiger partial charge on any atom is -0.367 e. The lowest BCUT2D eigenvalue weighted by molar-refractivity contribution is -0.132. The van der Waals surface area contributed by atoms with Crippen LogP contribution in [0.5, 0.6) is 0 Å². The summed E-state index contributed by atoms with van der Waals surface area (Å²) < 4.78 is 0. The number of aliphatic hydroxyl groups is 4. The highest BCUT2D eigenvalue weighted by atomic mass is 16.5. The fourth-order valence-electron chi connectivity index (χ4n) is 2.59. The van der Waals surface area contributed by atoms with Gasteiger partial charge in [0.2, 0.25) is 0 Å². The van der Waals surface area contributed by atoms with Crippen LogP contribution in [0.4, 0.5) is 0 Å². The summed E-state index contributed by atoms with van der Waals surface area (Å²) in [5, 5.41) is 37.4. The smallest absolute Gasteiger partial charge is 0.167 e. The summed E-state index contributed by atoms with van der Waals surface area (Å²) in [6.45, 7) is 0.478. The van der Waals surface area contributed by atoms with Crippen LogP contribution in [0.1, 0.15) is 18.4 Å². The number of likely N-dealkylation sites (tertiary alicyclic amines) is 1. The first-order chi connectivity index (χ1) is 8.59. The lowest BCUT2D eigenvalue weighted by Gasteiger charge is -2.31. The topological polar surface area (TPSA) is 84.2 Å². The Morgan fingerprint density at radius 1 is 0.944 bits per heavy atom. The monoisotopic (exact) mass is 253 g/mol. The molecule has 18 heavy (non-hydrogen) atoms. The zero-order valence-electron chi connectivity index (χ0n) is 10.1. The molecule has 0 saturated carbocycles. The molecule has 0 bridgehead atoms. The van der Waals surface area contributed by atoms with E-state index in [1.54, 1.807) is 4.90 Å². The Balaban J connectivity index is 2.14. The van der Waals surface area contributed by atoms with Gasteiger partial charge in [0.05, 0.1) is 12.1 Å². The molecule has 2 rings (SSSR count). The van der Waals surface area contributed by atoms with E-state index < -0.39 is 24.7 Å². The van der Waals surface area contributed by atoms with E-state index in [1.807, 2.05) is 30.3 Å². The molecule has 0 aliphatic carbocycles. The van der Waals surface area contributed by atoms with Crippen molar-refractivity contribution in [1.29, 1.82) is 0 Å². The Morgan fingerprint density at radius 3 is 1.89 bits per heavy atom. The van der Waals surface area contributed by atoms with Crippen molar-refractivity contribution < 1.29 is 20.4 Å². The molecule has 1 aliphatic heterocycles. The Hall–Kier alpha value is -0.980. The summed E-state index contributed by atoms with van der Waals surface area (Å²) in [6.07, 6.45) is -1.82. The molecule has 2 atom stereocenters. The van der Waals surface area contributed by atoms with Crippen molar-refractivity contribution >= 4 is 0 Å². The van der Waals surface area contributed by atoms with Gasteiger partial charge in [0, 0.05) is 6.54 Å². The molecule has 1 aromatic carbocycles. The predicted octanol–water partition coefficient (Wildman–Crippen LogP) is -0.359. The van der Waals surface area contributed by atoms with E-state index in [-0.39, 0.29) is 0 Å². The van der Waals surface area contributed by atoms with Crippen LogP contribution in [0.3, 0.4) is 0 Å². The third-order valence-electron chi connectivity index (χ3n) is 3.51. The molecule has 0 aromatic heterocycles. The third kappa shape index (κ3) is 2.88. The van der Waals surface area contributed by atoms with Gasteiger partial charge in [0.25, 0.3) is 0 Å². The van der Waals surface area contributed by atoms with Crippen molar-refractivity contribution in [2.24, 2.45) is 0 Å². The molecule has 1 fully saturated rings. The van der Waals surface area contributed by atoms with Gasteiger partial charge in [-0.25, -0.2) is 0 Å². The first kappa shape index (κ1) is 13.5. The van der Waals surface area contributed by atoms with Crippen molar-refractivity contribution in [3.05, 3.63) is 35.9 Å². The first-order valence-electron chi connectivity index (χ1n) is 6.11. The van der Waals surface area contributed by atoms with E-state index in [9.17, 15) is 20.4 Å². The molecule has 4 N–H and O–H groups in total. The zero-order chi connectivity index (χ0) is 13.1. The highest BCUT2D eigenvalue weighted by molar-refractivity contribution is 5.15. The normalized spacial score (nSPS) is 25.2. The number of nitrogens with zero attached hydrogens (tertiary/aromatic N) is 1. The third-order valence-corrected chi connectivity index (χ3v) is 3.51. The fourth-order valence-corrected chi connectivity index (χ4v) is 2.59. The average molecular weight is 253 g/mol. The van der Waals surface area contributed by atoms with Gasteiger partial charge in [-0.15, -0.1) is 0 Å². The fraction of sp³-hybridized carbons (Fsp3) is 0.538. The second-order valence-corrected chi connectivity index (χ2v) is 4.70. The molecule has 100 valence electrons. The van der Waals surface area contributed by atoms with Crippen LogP contribution in [0, 0.1) is 0 Å². The van der Waals surface area contributed by atoms with E-state index in [2.05, 4.69) is 0 Å². The van der Waals surface area contributed by atoms with E-state index in [1.165, 1.54) is 0 Å². The lowest BCUT2D eigenvalue weighted by atomic mass is 10.1. The molecular weight excluding hydrogens is 234 g/mol. The van der Waals surface area contributed by atoms with Crippen LogP contribution in [-0.2, 0) is 6.54 Å². The maximum absolute atomic E-state index is 9.35. The van der Waals surface area contributed by atoms with Gasteiger partial charge in [-0.1, -0.05) is 30.3 Å². The van der Waals surface area contributed by atoms with Gasteiger partial charge in [-0.05, 0) is 18.4 Å². The minimum absolute atomic E-state index is 0.447. The van der Waals surface area contributed by atoms with Crippen molar-refractivity contribution in [1.82, 2.24) is 4.90 Å². The molecule has 1 saturated heterocycles. The van der Waals surface area contributed by atoms with Crippen LogP contribution in [0.2, 0.25) is 0 Å². The summed E-state index contributed by atoms with van der Waals surface area (Å²) >= 11 is 0. The highest BCUT2D eigenvalue weighted by Gasteiger charge is 2.39. The second kappa shape index (κ2) is 5.77. The van der Waals surface area contributed by atoms with E-state index in [0.29, 0.717) is 19.4 Å². The summed E-state index contributed by atoms with van der Waals surface area (Å²) in [7, 11) is 0. The van der Waals surface area contributed by atoms with Crippen molar-refractivity contribution in [3.63, 3.8) is 0 Å². The molecule has 5 nitrogen and oxygen atoms in total. The van der Waals surface area contributed by atoms with Gasteiger partial charge < -0.3 is 20.4 Å². The molecule has 0 radical (unpaired) electrons. The van der Waals surface area contributed by atoms with Crippen LogP contribution >= 0.6 is 0 Å². The predicted molar refractivity (Wildman–Crippen MR) is 65.2 cm³/mol. The van der Waals surface area contributed by atoms with Gasteiger partial charge in [0.1, 0.15) is 0 Å². The number of rotatable bonds is 4.